The first kappa shape index (κ1) is 10.9. The average molecular weight is 204 g/mol. The molecule has 4 heteroatoms. The van der Waals surface area contributed by atoms with Gasteiger partial charge in [-0.3, -0.25) is 0 Å². The van der Waals surface area contributed by atoms with E-state index in [9.17, 15) is 13.2 Å². The molecule has 0 amide bonds. The maximum Gasteiger partial charge on any atom is 0.389 e. The predicted molar refractivity (Wildman–Crippen MR) is 47.1 cm³/mol. The summed E-state index contributed by atoms with van der Waals surface area (Å²) < 4.78 is 35.3. The van der Waals surface area contributed by atoms with Crippen molar-refractivity contribution in [3.63, 3.8) is 0 Å². The number of phenols is 1. The minimum absolute atomic E-state index is 0.0915. The summed E-state index contributed by atoms with van der Waals surface area (Å²) in [5, 5.41) is 8.93. The number of hydrogen-bond acceptors (Lipinski definition) is 1. The van der Waals surface area contributed by atoms with Crippen molar-refractivity contribution in [3.8, 4) is 5.75 Å². The molecule has 14 heavy (non-hydrogen) atoms. The first-order chi connectivity index (χ1) is 6.47. The van der Waals surface area contributed by atoms with Crippen molar-refractivity contribution in [2.45, 2.75) is 25.4 Å². The first-order valence-corrected chi connectivity index (χ1v) is 4.32. The normalized spacial score (nSPS) is 11.6. The van der Waals surface area contributed by atoms with Crippen molar-refractivity contribution in [2.24, 2.45) is 0 Å². The van der Waals surface area contributed by atoms with Crippen LogP contribution in [0, 0.1) is 0 Å². The van der Waals surface area contributed by atoms with Gasteiger partial charge in [0.2, 0.25) is 0 Å². The van der Waals surface area contributed by atoms with E-state index in [0.717, 1.165) is 5.56 Å². The molecule has 78 valence electrons. The summed E-state index contributed by atoms with van der Waals surface area (Å²) in [4.78, 5) is 0. The number of rotatable bonds is 3. The van der Waals surface area contributed by atoms with Gasteiger partial charge in [-0.2, -0.15) is 13.2 Å². The summed E-state index contributed by atoms with van der Waals surface area (Å²) >= 11 is 0. The summed E-state index contributed by atoms with van der Waals surface area (Å²) in [6, 6.07) is 6.21. The number of phenolic OH excluding ortho intramolecular Hbond substituents is 1. The van der Waals surface area contributed by atoms with Gasteiger partial charge in [-0.15, -0.1) is 0 Å². The fourth-order valence-corrected chi connectivity index (χ4v) is 1.16. The van der Waals surface area contributed by atoms with E-state index < -0.39 is 12.6 Å². The van der Waals surface area contributed by atoms with Crippen LogP contribution in [0.3, 0.4) is 0 Å². The molecule has 0 aromatic heterocycles. The molecule has 0 bridgehead atoms. The van der Waals surface area contributed by atoms with Gasteiger partial charge in [0.05, 0.1) is 0 Å². The van der Waals surface area contributed by atoms with E-state index in [1.165, 1.54) is 12.1 Å². The van der Waals surface area contributed by atoms with Gasteiger partial charge in [0, 0.05) is 6.42 Å². The SMILES string of the molecule is Oc1ccc(CCCC(F)(F)F)cc1. The molecule has 0 radical (unpaired) electrons. The van der Waals surface area contributed by atoms with Gasteiger partial charge in [-0.25, -0.2) is 0 Å². The van der Waals surface area contributed by atoms with Crippen molar-refractivity contribution in [1.82, 2.24) is 0 Å². The van der Waals surface area contributed by atoms with Gasteiger partial charge in [-0.05, 0) is 30.5 Å². The topological polar surface area (TPSA) is 20.2 Å². The highest BCUT2D eigenvalue weighted by atomic mass is 19.4. The summed E-state index contributed by atoms with van der Waals surface area (Å²) in [6.45, 7) is 0. The molecule has 0 spiro atoms. The third-order valence-electron chi connectivity index (χ3n) is 1.86. The summed E-state index contributed by atoms with van der Waals surface area (Å²) in [6.07, 6.45) is -4.35. The lowest BCUT2D eigenvalue weighted by Gasteiger charge is -2.05. The van der Waals surface area contributed by atoms with Crippen LogP contribution in [0.5, 0.6) is 5.75 Å². The molecule has 0 aliphatic rings. The molecule has 0 saturated carbocycles. The van der Waals surface area contributed by atoms with Crippen LogP contribution in [0.2, 0.25) is 0 Å². The minimum atomic E-state index is -4.07. The Morgan fingerprint density at radius 3 is 2.14 bits per heavy atom. The molecule has 0 saturated heterocycles. The zero-order valence-corrected chi connectivity index (χ0v) is 7.51. The van der Waals surface area contributed by atoms with Crippen molar-refractivity contribution in [2.75, 3.05) is 0 Å². The smallest absolute Gasteiger partial charge is 0.389 e. The van der Waals surface area contributed by atoms with Gasteiger partial charge in [-0.1, -0.05) is 12.1 Å². The van der Waals surface area contributed by atoms with Crippen LogP contribution in [0.1, 0.15) is 18.4 Å². The molecule has 0 aliphatic carbocycles. The number of halogens is 3. The quantitative estimate of drug-likeness (QED) is 0.801. The zero-order valence-electron chi connectivity index (χ0n) is 7.51. The van der Waals surface area contributed by atoms with Gasteiger partial charge < -0.3 is 5.11 Å². The molecule has 0 unspecified atom stereocenters. The summed E-state index contributed by atoms with van der Waals surface area (Å²) in [7, 11) is 0. The van der Waals surface area contributed by atoms with E-state index in [1.54, 1.807) is 12.1 Å². The molecular weight excluding hydrogens is 193 g/mol. The molecule has 1 rings (SSSR count). The Kier molecular flexibility index (Phi) is 3.38. The third-order valence-corrected chi connectivity index (χ3v) is 1.86. The number of aryl methyl sites for hydroxylation is 1. The fourth-order valence-electron chi connectivity index (χ4n) is 1.16. The number of aromatic hydroxyl groups is 1. The Bertz CT molecular complexity index is 276. The number of hydrogen-bond donors (Lipinski definition) is 1. The molecule has 1 aromatic carbocycles. The monoisotopic (exact) mass is 204 g/mol. The van der Waals surface area contributed by atoms with Crippen molar-refractivity contribution in [1.29, 1.82) is 0 Å². The Morgan fingerprint density at radius 2 is 1.64 bits per heavy atom. The van der Waals surface area contributed by atoms with E-state index in [2.05, 4.69) is 0 Å². The Labute approximate surface area is 80.2 Å². The molecule has 0 fully saturated rings. The lowest BCUT2D eigenvalue weighted by Crippen LogP contribution is -2.07. The zero-order chi connectivity index (χ0) is 10.6. The molecule has 0 atom stereocenters. The second-order valence-corrected chi connectivity index (χ2v) is 3.14. The summed E-state index contributed by atoms with van der Waals surface area (Å²) in [5.74, 6) is 0.129. The van der Waals surface area contributed by atoms with Crippen LogP contribution in [-0.2, 0) is 6.42 Å². The van der Waals surface area contributed by atoms with E-state index in [-0.39, 0.29) is 12.2 Å². The lowest BCUT2D eigenvalue weighted by molar-refractivity contribution is -0.135. The highest BCUT2D eigenvalue weighted by Gasteiger charge is 2.25. The van der Waals surface area contributed by atoms with Gasteiger partial charge >= 0.3 is 6.18 Å². The minimum Gasteiger partial charge on any atom is -0.508 e. The second kappa shape index (κ2) is 4.35. The van der Waals surface area contributed by atoms with Gasteiger partial charge in [0.25, 0.3) is 0 Å². The second-order valence-electron chi connectivity index (χ2n) is 3.14. The van der Waals surface area contributed by atoms with Crippen LogP contribution < -0.4 is 0 Å². The number of alkyl halides is 3. The van der Waals surface area contributed by atoms with Crippen molar-refractivity contribution >= 4 is 0 Å². The molecule has 1 aromatic rings. The standard InChI is InChI=1S/C10H11F3O/c11-10(12,13)7-1-2-8-3-5-9(14)6-4-8/h3-6,14H,1-2,7H2. The van der Waals surface area contributed by atoms with Crippen molar-refractivity contribution < 1.29 is 18.3 Å². The first-order valence-electron chi connectivity index (χ1n) is 4.32. The van der Waals surface area contributed by atoms with Crippen LogP contribution >= 0.6 is 0 Å². The number of benzene rings is 1. The fraction of sp³-hybridized carbons (Fsp3) is 0.400. The molecule has 0 aliphatic heterocycles. The van der Waals surface area contributed by atoms with Crippen molar-refractivity contribution in [3.05, 3.63) is 29.8 Å². The Morgan fingerprint density at radius 1 is 1.07 bits per heavy atom. The maximum atomic E-state index is 11.8. The van der Waals surface area contributed by atoms with Crippen LogP contribution in [0.25, 0.3) is 0 Å². The van der Waals surface area contributed by atoms with Crippen LogP contribution in [-0.4, -0.2) is 11.3 Å². The lowest BCUT2D eigenvalue weighted by atomic mass is 10.1. The molecule has 1 nitrogen and oxygen atoms in total. The van der Waals surface area contributed by atoms with Gasteiger partial charge in [0.1, 0.15) is 5.75 Å². The van der Waals surface area contributed by atoms with Crippen LogP contribution in [0.15, 0.2) is 24.3 Å². The highest BCUT2D eigenvalue weighted by molar-refractivity contribution is 5.25. The van der Waals surface area contributed by atoms with Gasteiger partial charge in [0.15, 0.2) is 0 Å². The molecular formula is C10H11F3O. The van der Waals surface area contributed by atoms with E-state index in [4.69, 9.17) is 5.11 Å². The predicted octanol–water partition coefficient (Wildman–Crippen LogP) is 3.28. The molecule has 0 heterocycles. The molecule has 1 N–H and O–H groups in total. The Hall–Kier alpha value is -1.19. The van der Waals surface area contributed by atoms with E-state index in [0.29, 0.717) is 6.42 Å². The maximum absolute atomic E-state index is 11.8. The average Bonchev–Trinajstić information content (AvgIpc) is 2.06. The van der Waals surface area contributed by atoms with Crippen LogP contribution in [0.4, 0.5) is 13.2 Å². The highest BCUT2D eigenvalue weighted by Crippen LogP contribution is 2.22. The summed E-state index contributed by atoms with van der Waals surface area (Å²) in [5.41, 5.74) is 0.812. The largest absolute Gasteiger partial charge is 0.508 e. The van der Waals surface area contributed by atoms with E-state index in [1.807, 2.05) is 0 Å². The van der Waals surface area contributed by atoms with E-state index >= 15 is 0 Å². The third kappa shape index (κ3) is 4.16. The Balaban J connectivity index is 2.35.